The van der Waals surface area contributed by atoms with Gasteiger partial charge in [0.1, 0.15) is 0 Å². The van der Waals surface area contributed by atoms with Crippen molar-refractivity contribution in [3.05, 3.63) is 59.7 Å². The zero-order valence-corrected chi connectivity index (χ0v) is 17.6. The zero-order valence-electron chi connectivity index (χ0n) is 16.8. The van der Waals surface area contributed by atoms with Crippen molar-refractivity contribution in [2.24, 2.45) is 5.92 Å². The van der Waals surface area contributed by atoms with E-state index in [0.717, 1.165) is 24.3 Å². The Balaban J connectivity index is 1.93. The SMILES string of the molecule is CC(C)CC(=O)Nc1ccc(C(=O)COC(=O)c2ccc(S(=O)(=O)C(F)F)cc2)cc1. The summed E-state index contributed by atoms with van der Waals surface area (Å²) in [6.45, 7) is 3.26. The van der Waals surface area contributed by atoms with Gasteiger partial charge in [-0.15, -0.1) is 0 Å². The fourth-order valence-corrected chi connectivity index (χ4v) is 3.22. The molecule has 0 spiro atoms. The van der Waals surface area contributed by atoms with Crippen molar-refractivity contribution in [1.82, 2.24) is 0 Å². The number of carbonyl (C=O) groups is 3. The first-order chi connectivity index (χ1) is 14.5. The molecule has 0 bridgehead atoms. The van der Waals surface area contributed by atoms with E-state index in [1.54, 1.807) is 12.1 Å². The Morgan fingerprint density at radius 2 is 1.48 bits per heavy atom. The van der Waals surface area contributed by atoms with Gasteiger partial charge in [-0.2, -0.15) is 8.78 Å². The highest BCUT2D eigenvalue weighted by Gasteiger charge is 2.26. The molecular formula is C21H21F2NO6S. The number of anilines is 1. The van der Waals surface area contributed by atoms with E-state index < -0.39 is 38.8 Å². The lowest BCUT2D eigenvalue weighted by molar-refractivity contribution is -0.116. The fraction of sp³-hybridized carbons (Fsp3) is 0.286. The standard InChI is InChI=1S/C21H21F2NO6S/c1-13(2)11-19(26)24-16-7-3-14(4-8-16)18(25)12-30-20(27)15-5-9-17(10-6-15)31(28,29)21(22)23/h3-10,13,21H,11-12H2,1-2H3,(H,24,26). The van der Waals surface area contributed by atoms with Gasteiger partial charge in [-0.3, -0.25) is 9.59 Å². The minimum atomic E-state index is -4.76. The molecule has 31 heavy (non-hydrogen) atoms. The minimum absolute atomic E-state index is 0.0933. The van der Waals surface area contributed by atoms with Gasteiger partial charge in [-0.25, -0.2) is 13.2 Å². The van der Waals surface area contributed by atoms with E-state index in [9.17, 15) is 31.6 Å². The van der Waals surface area contributed by atoms with Gasteiger partial charge in [-0.05, 0) is 54.4 Å². The smallest absolute Gasteiger partial charge is 0.341 e. The Morgan fingerprint density at radius 1 is 0.935 bits per heavy atom. The van der Waals surface area contributed by atoms with Gasteiger partial charge in [0.05, 0.1) is 10.5 Å². The van der Waals surface area contributed by atoms with Crippen LogP contribution < -0.4 is 5.32 Å². The molecule has 0 aliphatic carbocycles. The molecule has 7 nitrogen and oxygen atoms in total. The number of hydrogen-bond acceptors (Lipinski definition) is 6. The number of nitrogens with one attached hydrogen (secondary N) is 1. The maximum absolute atomic E-state index is 12.5. The molecule has 10 heteroatoms. The highest BCUT2D eigenvalue weighted by atomic mass is 32.2. The number of amides is 1. The third-order valence-corrected chi connectivity index (χ3v) is 5.47. The van der Waals surface area contributed by atoms with Crippen molar-refractivity contribution in [3.63, 3.8) is 0 Å². The molecule has 1 amide bonds. The summed E-state index contributed by atoms with van der Waals surface area (Å²) in [6.07, 6.45) is 0.367. The van der Waals surface area contributed by atoms with Crippen LogP contribution in [0.15, 0.2) is 53.4 Å². The molecular weight excluding hydrogens is 432 g/mol. The second kappa shape index (κ2) is 10.3. The summed E-state index contributed by atoms with van der Waals surface area (Å²) in [7, 11) is -4.76. The third-order valence-electron chi connectivity index (χ3n) is 4.07. The number of halogens is 2. The van der Waals surface area contributed by atoms with Gasteiger partial charge in [0, 0.05) is 17.7 Å². The van der Waals surface area contributed by atoms with E-state index in [0.29, 0.717) is 12.1 Å². The summed E-state index contributed by atoms with van der Waals surface area (Å²) in [5.41, 5.74) is 0.690. The zero-order chi connectivity index (χ0) is 23.2. The lowest BCUT2D eigenvalue weighted by Crippen LogP contribution is -2.16. The number of carbonyl (C=O) groups excluding carboxylic acids is 3. The maximum Gasteiger partial charge on any atom is 0.341 e. The summed E-state index contributed by atoms with van der Waals surface area (Å²) < 4.78 is 52.7. The maximum atomic E-state index is 12.5. The Bertz CT molecular complexity index is 1050. The van der Waals surface area contributed by atoms with Crippen molar-refractivity contribution in [2.75, 3.05) is 11.9 Å². The highest BCUT2D eigenvalue weighted by Crippen LogP contribution is 2.19. The van der Waals surface area contributed by atoms with Gasteiger partial charge in [-0.1, -0.05) is 13.8 Å². The van der Waals surface area contributed by atoms with Gasteiger partial charge in [0.2, 0.25) is 15.7 Å². The normalized spacial score (nSPS) is 11.4. The number of esters is 1. The molecule has 0 fully saturated rings. The van der Waals surface area contributed by atoms with Gasteiger partial charge in [0.25, 0.3) is 0 Å². The highest BCUT2D eigenvalue weighted by molar-refractivity contribution is 7.91. The average Bonchev–Trinajstić information content (AvgIpc) is 2.71. The van der Waals surface area contributed by atoms with Crippen LogP contribution in [0.5, 0.6) is 0 Å². The summed E-state index contributed by atoms with van der Waals surface area (Å²) in [6, 6.07) is 9.84. The molecule has 2 aromatic carbocycles. The number of benzene rings is 2. The lowest BCUT2D eigenvalue weighted by Gasteiger charge is -2.08. The fourth-order valence-electron chi connectivity index (χ4n) is 2.50. The molecule has 0 saturated carbocycles. The molecule has 2 aromatic rings. The van der Waals surface area contributed by atoms with Gasteiger partial charge < -0.3 is 10.1 Å². The van der Waals surface area contributed by atoms with E-state index in [1.807, 2.05) is 13.8 Å². The summed E-state index contributed by atoms with van der Waals surface area (Å²) in [4.78, 5) is 35.3. The van der Waals surface area contributed by atoms with Crippen LogP contribution in [-0.4, -0.2) is 38.4 Å². The van der Waals surface area contributed by atoms with E-state index in [4.69, 9.17) is 4.74 Å². The molecule has 0 aliphatic rings. The monoisotopic (exact) mass is 453 g/mol. The number of sulfone groups is 1. The van der Waals surface area contributed by atoms with E-state index in [-0.39, 0.29) is 23.0 Å². The minimum Gasteiger partial charge on any atom is -0.454 e. The third kappa shape index (κ3) is 6.68. The first kappa shape index (κ1) is 24.1. The predicted octanol–water partition coefficient (Wildman–Crippen LogP) is 3.71. The van der Waals surface area contributed by atoms with Crippen molar-refractivity contribution in [2.45, 2.75) is 30.9 Å². The molecule has 0 radical (unpaired) electrons. The first-order valence-corrected chi connectivity index (χ1v) is 10.8. The van der Waals surface area contributed by atoms with E-state index in [1.165, 1.54) is 12.1 Å². The molecule has 0 unspecified atom stereocenters. The molecule has 0 aliphatic heterocycles. The largest absolute Gasteiger partial charge is 0.454 e. The molecule has 0 saturated heterocycles. The van der Waals surface area contributed by atoms with Crippen LogP contribution in [0.25, 0.3) is 0 Å². The van der Waals surface area contributed by atoms with Crippen molar-refractivity contribution >= 4 is 33.2 Å². The molecule has 2 rings (SSSR count). The van der Waals surface area contributed by atoms with Crippen LogP contribution in [-0.2, 0) is 19.4 Å². The van der Waals surface area contributed by atoms with Crippen LogP contribution in [0.3, 0.4) is 0 Å². The second-order valence-corrected chi connectivity index (χ2v) is 8.97. The molecule has 1 N–H and O–H groups in total. The van der Waals surface area contributed by atoms with E-state index in [2.05, 4.69) is 5.32 Å². The Hall–Kier alpha value is -3.14. The summed E-state index contributed by atoms with van der Waals surface area (Å²) in [5.74, 6) is -4.91. The van der Waals surface area contributed by atoms with Crippen LogP contribution >= 0.6 is 0 Å². The molecule has 0 aromatic heterocycles. The Morgan fingerprint density at radius 3 is 2.00 bits per heavy atom. The van der Waals surface area contributed by atoms with Crippen molar-refractivity contribution < 1.29 is 36.3 Å². The number of ketones is 1. The van der Waals surface area contributed by atoms with Crippen LogP contribution in [0.2, 0.25) is 0 Å². The van der Waals surface area contributed by atoms with Gasteiger partial charge in [0.15, 0.2) is 12.4 Å². The quantitative estimate of drug-likeness (QED) is 0.458. The number of rotatable bonds is 9. The summed E-state index contributed by atoms with van der Waals surface area (Å²) >= 11 is 0. The van der Waals surface area contributed by atoms with Crippen LogP contribution in [0, 0.1) is 5.92 Å². The Labute approximate surface area is 178 Å². The number of ether oxygens (including phenoxy) is 1. The Kier molecular flexibility index (Phi) is 7.98. The summed E-state index contributed by atoms with van der Waals surface area (Å²) in [5, 5.41) is 2.71. The lowest BCUT2D eigenvalue weighted by atomic mass is 10.1. The van der Waals surface area contributed by atoms with Crippen molar-refractivity contribution in [1.29, 1.82) is 0 Å². The number of alkyl halides is 2. The number of Topliss-reactive ketones (excluding diaryl/α,β-unsaturated/α-hetero) is 1. The first-order valence-electron chi connectivity index (χ1n) is 9.23. The molecule has 0 heterocycles. The van der Waals surface area contributed by atoms with Gasteiger partial charge >= 0.3 is 11.7 Å². The number of hydrogen-bond donors (Lipinski definition) is 1. The van der Waals surface area contributed by atoms with Crippen LogP contribution in [0.4, 0.5) is 14.5 Å². The average molecular weight is 453 g/mol. The predicted molar refractivity (Wildman–Crippen MR) is 109 cm³/mol. The van der Waals surface area contributed by atoms with Crippen LogP contribution in [0.1, 0.15) is 41.0 Å². The van der Waals surface area contributed by atoms with Crippen molar-refractivity contribution in [3.8, 4) is 0 Å². The molecule has 0 atom stereocenters. The van der Waals surface area contributed by atoms with E-state index >= 15 is 0 Å². The topological polar surface area (TPSA) is 107 Å². The second-order valence-electron chi connectivity index (χ2n) is 7.05. The molecule has 166 valence electrons.